The van der Waals surface area contributed by atoms with E-state index in [4.69, 9.17) is 4.74 Å². The molecule has 2 fully saturated rings. The minimum absolute atomic E-state index is 0.835. The van der Waals surface area contributed by atoms with Gasteiger partial charge in [-0.3, -0.25) is 0 Å². The van der Waals surface area contributed by atoms with Crippen molar-refractivity contribution in [1.29, 1.82) is 0 Å². The van der Waals surface area contributed by atoms with E-state index in [0.29, 0.717) is 0 Å². The number of allylic oxidation sites excluding steroid dienone is 3. The molecule has 0 amide bonds. The van der Waals surface area contributed by atoms with Crippen molar-refractivity contribution in [3.63, 3.8) is 0 Å². The van der Waals surface area contributed by atoms with Crippen molar-refractivity contribution >= 4 is 0 Å². The summed E-state index contributed by atoms with van der Waals surface area (Å²) in [5, 5.41) is 0. The molecule has 1 aliphatic heterocycles. The number of hydrogen-bond acceptors (Lipinski definition) is 1. The molecule has 0 radical (unpaired) electrons. The Balaban J connectivity index is 1.92. The molecule has 0 spiro atoms. The number of fused-ring (bicyclic) bond motifs is 2. The minimum atomic E-state index is 0.835. The summed E-state index contributed by atoms with van der Waals surface area (Å²) in [6.45, 7) is 0.931. The van der Waals surface area contributed by atoms with Crippen molar-refractivity contribution < 1.29 is 4.74 Å². The monoisotopic (exact) mass is 162 g/mol. The summed E-state index contributed by atoms with van der Waals surface area (Å²) in [7, 11) is 0. The molecule has 2 atom stereocenters. The Morgan fingerprint density at radius 1 is 1.17 bits per heavy atom. The van der Waals surface area contributed by atoms with Crippen LogP contribution in [0.1, 0.15) is 25.7 Å². The molecule has 0 N–H and O–H groups in total. The van der Waals surface area contributed by atoms with Crippen LogP contribution in [-0.2, 0) is 4.74 Å². The van der Waals surface area contributed by atoms with Gasteiger partial charge in [-0.2, -0.15) is 0 Å². The molecule has 3 aliphatic rings. The first-order valence-electron chi connectivity index (χ1n) is 4.99. The lowest BCUT2D eigenvalue weighted by Gasteiger charge is -2.12. The third-order valence-electron chi connectivity index (χ3n) is 3.09. The summed E-state index contributed by atoms with van der Waals surface area (Å²) in [6.07, 6.45) is 9.95. The van der Waals surface area contributed by atoms with Gasteiger partial charge in [0.25, 0.3) is 0 Å². The molecule has 2 aliphatic carbocycles. The molecule has 64 valence electrons. The van der Waals surface area contributed by atoms with E-state index >= 15 is 0 Å². The van der Waals surface area contributed by atoms with E-state index in [2.05, 4.69) is 12.2 Å². The van der Waals surface area contributed by atoms with E-state index in [1.54, 1.807) is 0 Å². The summed E-state index contributed by atoms with van der Waals surface area (Å²) in [5.74, 6) is 2.93. The highest BCUT2D eigenvalue weighted by Crippen LogP contribution is 2.47. The minimum Gasteiger partial charge on any atom is -0.494 e. The van der Waals surface area contributed by atoms with Gasteiger partial charge < -0.3 is 4.74 Å². The van der Waals surface area contributed by atoms with E-state index in [1.807, 2.05) is 0 Å². The van der Waals surface area contributed by atoms with Crippen molar-refractivity contribution in [3.05, 3.63) is 23.5 Å². The maximum Gasteiger partial charge on any atom is 0.118 e. The molecule has 1 saturated carbocycles. The maximum absolute atomic E-state index is 5.70. The Morgan fingerprint density at radius 2 is 2.08 bits per heavy atom. The zero-order valence-corrected chi connectivity index (χ0v) is 7.25. The number of ether oxygens (including phenoxy) is 1. The van der Waals surface area contributed by atoms with Crippen LogP contribution in [0.5, 0.6) is 0 Å². The van der Waals surface area contributed by atoms with Crippen LogP contribution in [0.4, 0.5) is 0 Å². The van der Waals surface area contributed by atoms with Gasteiger partial charge in [0.1, 0.15) is 5.76 Å². The normalized spacial score (nSPS) is 38.0. The van der Waals surface area contributed by atoms with Crippen molar-refractivity contribution in [3.8, 4) is 0 Å². The first-order chi connectivity index (χ1) is 5.93. The molecular weight excluding hydrogens is 148 g/mol. The Labute approximate surface area is 73.1 Å². The number of rotatable bonds is 0. The largest absolute Gasteiger partial charge is 0.494 e. The summed E-state index contributed by atoms with van der Waals surface area (Å²) < 4.78 is 5.70. The zero-order chi connectivity index (χ0) is 7.97. The van der Waals surface area contributed by atoms with E-state index in [1.165, 1.54) is 37.0 Å². The van der Waals surface area contributed by atoms with E-state index in [-0.39, 0.29) is 0 Å². The highest BCUT2D eigenvalue weighted by atomic mass is 16.5. The molecule has 2 unspecified atom stereocenters. The molecule has 0 bridgehead atoms. The Bertz CT molecular complexity index is 236. The van der Waals surface area contributed by atoms with E-state index in [0.717, 1.165) is 18.4 Å². The van der Waals surface area contributed by atoms with Gasteiger partial charge in [-0.15, -0.1) is 0 Å². The Morgan fingerprint density at radius 3 is 3.08 bits per heavy atom. The van der Waals surface area contributed by atoms with Crippen LogP contribution in [0.3, 0.4) is 0 Å². The third kappa shape index (κ3) is 0.996. The molecule has 0 aromatic heterocycles. The second-order valence-electron chi connectivity index (χ2n) is 4.09. The second-order valence-corrected chi connectivity index (χ2v) is 4.09. The third-order valence-corrected chi connectivity index (χ3v) is 3.09. The van der Waals surface area contributed by atoms with Gasteiger partial charge in [-0.1, -0.05) is 6.08 Å². The lowest BCUT2D eigenvalue weighted by atomic mass is 10.0. The van der Waals surface area contributed by atoms with Gasteiger partial charge >= 0.3 is 0 Å². The molecule has 1 heterocycles. The predicted octanol–water partition coefficient (Wildman–Crippen LogP) is 2.65. The summed E-state index contributed by atoms with van der Waals surface area (Å²) >= 11 is 0. The van der Waals surface area contributed by atoms with Crippen molar-refractivity contribution in [2.45, 2.75) is 25.7 Å². The van der Waals surface area contributed by atoms with Crippen molar-refractivity contribution in [2.75, 3.05) is 6.61 Å². The smallest absolute Gasteiger partial charge is 0.118 e. The summed E-state index contributed by atoms with van der Waals surface area (Å²) in [4.78, 5) is 0. The molecule has 1 nitrogen and oxygen atoms in total. The summed E-state index contributed by atoms with van der Waals surface area (Å²) in [6, 6.07) is 0. The van der Waals surface area contributed by atoms with Crippen LogP contribution in [-0.4, -0.2) is 6.61 Å². The van der Waals surface area contributed by atoms with Crippen molar-refractivity contribution in [1.82, 2.24) is 0 Å². The van der Waals surface area contributed by atoms with Gasteiger partial charge in [0, 0.05) is 0 Å². The lowest BCUT2D eigenvalue weighted by Crippen LogP contribution is -1.98. The van der Waals surface area contributed by atoms with Crippen LogP contribution in [0.25, 0.3) is 0 Å². The fourth-order valence-corrected chi connectivity index (χ4v) is 2.21. The van der Waals surface area contributed by atoms with E-state index < -0.39 is 0 Å². The highest BCUT2D eigenvalue weighted by molar-refractivity contribution is 5.36. The molecule has 0 aromatic carbocycles. The van der Waals surface area contributed by atoms with Crippen LogP contribution < -0.4 is 0 Å². The fraction of sp³-hybridized carbons (Fsp3) is 0.636. The van der Waals surface area contributed by atoms with Gasteiger partial charge in [0.05, 0.1) is 6.61 Å². The van der Waals surface area contributed by atoms with Gasteiger partial charge in [-0.05, 0) is 49.2 Å². The molecule has 1 heteroatoms. The van der Waals surface area contributed by atoms with E-state index in [9.17, 15) is 0 Å². The Kier molecular flexibility index (Phi) is 1.34. The van der Waals surface area contributed by atoms with Gasteiger partial charge in [-0.25, -0.2) is 0 Å². The molecule has 12 heavy (non-hydrogen) atoms. The van der Waals surface area contributed by atoms with Crippen LogP contribution in [0.2, 0.25) is 0 Å². The Hall–Kier alpha value is -0.720. The van der Waals surface area contributed by atoms with Gasteiger partial charge in [0.15, 0.2) is 0 Å². The van der Waals surface area contributed by atoms with Crippen LogP contribution >= 0.6 is 0 Å². The average Bonchev–Trinajstić information content (AvgIpc) is 2.81. The SMILES string of the molecule is C1=C2CCCCOC2=CC2CC12. The molecule has 1 saturated heterocycles. The maximum atomic E-state index is 5.70. The lowest BCUT2D eigenvalue weighted by molar-refractivity contribution is 0.222. The first-order valence-corrected chi connectivity index (χ1v) is 4.99. The zero-order valence-electron chi connectivity index (χ0n) is 7.25. The molecular formula is C11H14O. The van der Waals surface area contributed by atoms with Gasteiger partial charge in [0.2, 0.25) is 0 Å². The average molecular weight is 162 g/mol. The fourth-order valence-electron chi connectivity index (χ4n) is 2.21. The quantitative estimate of drug-likeness (QED) is 0.532. The summed E-state index contributed by atoms with van der Waals surface area (Å²) in [5.41, 5.74) is 1.49. The topological polar surface area (TPSA) is 9.23 Å². The van der Waals surface area contributed by atoms with Crippen LogP contribution in [0.15, 0.2) is 23.5 Å². The van der Waals surface area contributed by atoms with Crippen molar-refractivity contribution in [2.24, 2.45) is 11.8 Å². The molecule has 0 aromatic rings. The number of hydrogen-bond donors (Lipinski definition) is 0. The first kappa shape index (κ1) is 6.76. The molecule has 3 rings (SSSR count). The predicted molar refractivity (Wildman–Crippen MR) is 47.6 cm³/mol. The standard InChI is InChI=1S/C11H14O/c1-2-4-12-11-7-10-6-9(10)5-8(11)3-1/h5,7,9-10H,1-4,6H2. The second kappa shape index (κ2) is 2.38. The van der Waals surface area contributed by atoms with Crippen LogP contribution in [0, 0.1) is 11.8 Å². The highest BCUT2D eigenvalue weighted by Gasteiger charge is 2.38.